The molecule has 2 aliphatic rings. The van der Waals surface area contributed by atoms with Gasteiger partial charge in [-0.15, -0.1) is 0 Å². The van der Waals surface area contributed by atoms with Crippen molar-refractivity contribution < 1.29 is 4.39 Å². The van der Waals surface area contributed by atoms with Crippen molar-refractivity contribution in [3.05, 3.63) is 24.3 Å². The van der Waals surface area contributed by atoms with Gasteiger partial charge in [-0.05, 0) is 31.7 Å². The number of halogens is 1. The van der Waals surface area contributed by atoms with Gasteiger partial charge in [0.15, 0.2) is 0 Å². The van der Waals surface area contributed by atoms with Gasteiger partial charge < -0.3 is 10.2 Å². The molecule has 17 heavy (non-hydrogen) atoms. The first-order chi connectivity index (χ1) is 8.33. The minimum atomic E-state index is -0.245. The molecule has 3 nitrogen and oxygen atoms in total. The molecule has 2 unspecified atom stereocenters. The zero-order valence-corrected chi connectivity index (χ0v) is 9.90. The lowest BCUT2D eigenvalue weighted by molar-refractivity contribution is 0.436. The standard InChI is InChI=1S/C13H18FN3/c14-11-7-12(9-15-8-11)17-5-2-10-1-4-16-13(10)3-6-17/h7-10,13,16H,1-6H2. The fourth-order valence-electron chi connectivity index (χ4n) is 3.07. The monoisotopic (exact) mass is 235 g/mol. The average Bonchev–Trinajstić information content (AvgIpc) is 2.68. The quantitative estimate of drug-likeness (QED) is 0.804. The summed E-state index contributed by atoms with van der Waals surface area (Å²) in [4.78, 5) is 6.19. The van der Waals surface area contributed by atoms with E-state index in [0.29, 0.717) is 6.04 Å². The number of anilines is 1. The van der Waals surface area contributed by atoms with E-state index in [1.165, 1.54) is 19.0 Å². The van der Waals surface area contributed by atoms with Gasteiger partial charge in [0, 0.05) is 25.2 Å². The Labute approximate surface area is 101 Å². The van der Waals surface area contributed by atoms with Crippen LogP contribution in [0.3, 0.4) is 0 Å². The highest BCUT2D eigenvalue weighted by Crippen LogP contribution is 2.27. The molecule has 0 spiro atoms. The van der Waals surface area contributed by atoms with Gasteiger partial charge in [-0.1, -0.05) is 0 Å². The van der Waals surface area contributed by atoms with Crippen molar-refractivity contribution in [3.8, 4) is 0 Å². The molecule has 2 atom stereocenters. The van der Waals surface area contributed by atoms with Gasteiger partial charge in [0.05, 0.1) is 18.1 Å². The molecule has 4 heteroatoms. The van der Waals surface area contributed by atoms with Crippen molar-refractivity contribution in [2.45, 2.75) is 25.3 Å². The summed E-state index contributed by atoms with van der Waals surface area (Å²) in [5.74, 6) is 0.562. The average molecular weight is 235 g/mol. The molecule has 0 amide bonds. The predicted octanol–water partition coefficient (Wildman–Crippen LogP) is 1.80. The van der Waals surface area contributed by atoms with E-state index < -0.39 is 0 Å². The third-order valence-corrected chi connectivity index (χ3v) is 4.03. The van der Waals surface area contributed by atoms with Crippen LogP contribution in [-0.4, -0.2) is 30.7 Å². The minimum absolute atomic E-state index is 0.245. The van der Waals surface area contributed by atoms with Gasteiger partial charge in [0.2, 0.25) is 0 Å². The summed E-state index contributed by atoms with van der Waals surface area (Å²) in [7, 11) is 0. The Hall–Kier alpha value is -1.16. The van der Waals surface area contributed by atoms with Crippen LogP contribution < -0.4 is 10.2 Å². The molecule has 0 aromatic carbocycles. The summed E-state index contributed by atoms with van der Waals surface area (Å²) >= 11 is 0. The number of hydrogen-bond donors (Lipinski definition) is 1. The number of pyridine rings is 1. The van der Waals surface area contributed by atoms with Crippen LogP contribution >= 0.6 is 0 Å². The molecule has 2 fully saturated rings. The molecule has 1 aromatic heterocycles. The zero-order valence-electron chi connectivity index (χ0n) is 9.90. The first-order valence-corrected chi connectivity index (χ1v) is 6.42. The highest BCUT2D eigenvalue weighted by molar-refractivity contribution is 5.44. The van der Waals surface area contributed by atoms with E-state index in [2.05, 4.69) is 15.2 Å². The fraction of sp³-hybridized carbons (Fsp3) is 0.615. The summed E-state index contributed by atoms with van der Waals surface area (Å²) in [6.45, 7) is 3.18. The second-order valence-electron chi connectivity index (χ2n) is 5.04. The molecule has 0 saturated carbocycles. The van der Waals surface area contributed by atoms with Crippen molar-refractivity contribution in [1.29, 1.82) is 0 Å². The van der Waals surface area contributed by atoms with E-state index in [1.54, 1.807) is 12.3 Å². The molecule has 0 aliphatic carbocycles. The van der Waals surface area contributed by atoms with Gasteiger partial charge in [0.1, 0.15) is 5.82 Å². The molecule has 0 bridgehead atoms. The highest BCUT2D eigenvalue weighted by atomic mass is 19.1. The number of fused-ring (bicyclic) bond motifs is 1. The van der Waals surface area contributed by atoms with Crippen LogP contribution in [0.4, 0.5) is 10.1 Å². The maximum absolute atomic E-state index is 13.2. The number of aromatic nitrogens is 1. The van der Waals surface area contributed by atoms with E-state index in [0.717, 1.165) is 37.7 Å². The molecule has 1 N–H and O–H groups in total. The van der Waals surface area contributed by atoms with E-state index in [1.807, 2.05) is 0 Å². The first kappa shape index (κ1) is 11.0. The van der Waals surface area contributed by atoms with E-state index in [9.17, 15) is 4.39 Å². The van der Waals surface area contributed by atoms with Crippen LogP contribution in [0.2, 0.25) is 0 Å². The molecular weight excluding hydrogens is 217 g/mol. The molecule has 1 aromatic rings. The van der Waals surface area contributed by atoms with E-state index in [-0.39, 0.29) is 5.82 Å². The Kier molecular flexibility index (Phi) is 2.97. The van der Waals surface area contributed by atoms with Crippen LogP contribution in [0.15, 0.2) is 18.5 Å². The largest absolute Gasteiger partial charge is 0.370 e. The van der Waals surface area contributed by atoms with Crippen LogP contribution in [0, 0.1) is 11.7 Å². The third kappa shape index (κ3) is 2.27. The minimum Gasteiger partial charge on any atom is -0.370 e. The summed E-state index contributed by atoms with van der Waals surface area (Å²) in [6.07, 6.45) is 6.67. The van der Waals surface area contributed by atoms with Crippen molar-refractivity contribution in [2.24, 2.45) is 5.92 Å². The maximum Gasteiger partial charge on any atom is 0.143 e. The molecule has 2 saturated heterocycles. The second-order valence-corrected chi connectivity index (χ2v) is 5.04. The Bertz CT molecular complexity index is 382. The molecule has 3 heterocycles. The van der Waals surface area contributed by atoms with Crippen LogP contribution in [0.1, 0.15) is 19.3 Å². The van der Waals surface area contributed by atoms with Crippen LogP contribution in [-0.2, 0) is 0 Å². The van der Waals surface area contributed by atoms with Crippen LogP contribution in [0.25, 0.3) is 0 Å². The summed E-state index contributed by atoms with van der Waals surface area (Å²) < 4.78 is 13.2. The second kappa shape index (κ2) is 4.61. The molecule has 0 radical (unpaired) electrons. The Morgan fingerprint density at radius 2 is 2.12 bits per heavy atom. The summed E-state index contributed by atoms with van der Waals surface area (Å²) in [5.41, 5.74) is 0.921. The lowest BCUT2D eigenvalue weighted by Crippen LogP contribution is -2.28. The molecule has 92 valence electrons. The Morgan fingerprint density at radius 3 is 3.00 bits per heavy atom. The number of nitrogens with one attached hydrogen (secondary N) is 1. The Balaban J connectivity index is 1.73. The molecule has 3 rings (SSSR count). The van der Waals surface area contributed by atoms with E-state index >= 15 is 0 Å². The topological polar surface area (TPSA) is 28.2 Å². The van der Waals surface area contributed by atoms with Crippen molar-refractivity contribution in [3.63, 3.8) is 0 Å². The maximum atomic E-state index is 13.2. The predicted molar refractivity (Wildman–Crippen MR) is 65.5 cm³/mol. The van der Waals surface area contributed by atoms with Crippen molar-refractivity contribution >= 4 is 5.69 Å². The molecular formula is C13H18FN3. The van der Waals surface area contributed by atoms with Gasteiger partial charge in [-0.2, -0.15) is 0 Å². The van der Waals surface area contributed by atoms with Gasteiger partial charge in [0.25, 0.3) is 0 Å². The summed E-state index contributed by atoms with van der Waals surface area (Å²) in [5, 5.41) is 3.57. The van der Waals surface area contributed by atoms with Gasteiger partial charge in [-0.3, -0.25) is 4.98 Å². The lowest BCUT2D eigenvalue weighted by Gasteiger charge is -2.22. The number of rotatable bonds is 1. The first-order valence-electron chi connectivity index (χ1n) is 6.42. The Morgan fingerprint density at radius 1 is 1.24 bits per heavy atom. The zero-order chi connectivity index (χ0) is 11.7. The SMILES string of the molecule is Fc1cncc(N2CCC3CCNC3CC2)c1. The van der Waals surface area contributed by atoms with Crippen LogP contribution in [0.5, 0.6) is 0 Å². The van der Waals surface area contributed by atoms with E-state index in [4.69, 9.17) is 0 Å². The number of nitrogens with zero attached hydrogens (tertiary/aromatic N) is 2. The fourth-order valence-corrected chi connectivity index (χ4v) is 3.07. The highest BCUT2D eigenvalue weighted by Gasteiger charge is 2.29. The van der Waals surface area contributed by atoms with Crippen molar-refractivity contribution in [1.82, 2.24) is 10.3 Å². The molecule has 2 aliphatic heterocycles. The summed E-state index contributed by atoms with van der Waals surface area (Å²) in [6, 6.07) is 2.25. The number of hydrogen-bond acceptors (Lipinski definition) is 3. The smallest absolute Gasteiger partial charge is 0.143 e. The third-order valence-electron chi connectivity index (χ3n) is 4.03. The van der Waals surface area contributed by atoms with Gasteiger partial charge in [-0.25, -0.2) is 4.39 Å². The lowest BCUT2D eigenvalue weighted by atomic mass is 9.96. The van der Waals surface area contributed by atoms with Crippen molar-refractivity contribution in [2.75, 3.05) is 24.5 Å². The van der Waals surface area contributed by atoms with Gasteiger partial charge >= 0.3 is 0 Å². The normalized spacial score (nSPS) is 28.9.